The molecule has 0 amide bonds. The van der Waals surface area contributed by atoms with Gasteiger partial charge >= 0.3 is 0 Å². The Morgan fingerprint density at radius 2 is 2.33 bits per heavy atom. The molecule has 12 heavy (non-hydrogen) atoms. The quantitative estimate of drug-likeness (QED) is 0.693. The highest BCUT2D eigenvalue weighted by Crippen LogP contribution is 2.13. The van der Waals surface area contributed by atoms with Crippen molar-refractivity contribution in [1.82, 2.24) is 4.98 Å². The molecule has 1 atom stereocenters. The molecule has 0 aliphatic rings. The van der Waals surface area contributed by atoms with Crippen molar-refractivity contribution >= 4 is 0 Å². The first kappa shape index (κ1) is 9.00. The van der Waals surface area contributed by atoms with Crippen LogP contribution in [0.3, 0.4) is 0 Å². The van der Waals surface area contributed by atoms with E-state index in [-0.39, 0.29) is 5.56 Å². The lowest BCUT2D eigenvalue weighted by molar-refractivity contribution is 0.173. The van der Waals surface area contributed by atoms with Gasteiger partial charge in [-0.1, -0.05) is 6.92 Å². The van der Waals surface area contributed by atoms with Gasteiger partial charge in [-0.25, -0.2) is 0 Å². The highest BCUT2D eigenvalue weighted by atomic mass is 16.3. The van der Waals surface area contributed by atoms with Crippen molar-refractivity contribution in [2.75, 3.05) is 0 Å². The fraction of sp³-hybridized carbons (Fsp3) is 0.444. The zero-order valence-corrected chi connectivity index (χ0v) is 7.29. The zero-order chi connectivity index (χ0) is 9.14. The summed E-state index contributed by atoms with van der Waals surface area (Å²) in [6.07, 6.45) is 1.75. The highest BCUT2D eigenvalue weighted by Gasteiger charge is 2.05. The molecule has 3 heteroatoms. The Balaban J connectivity index is 3.04. The third-order valence-corrected chi connectivity index (χ3v) is 1.88. The average molecular weight is 167 g/mol. The Labute approximate surface area is 71.1 Å². The number of aromatic amines is 1. The van der Waals surface area contributed by atoms with E-state index in [1.165, 1.54) is 0 Å². The number of aliphatic hydroxyl groups excluding tert-OH is 1. The summed E-state index contributed by atoms with van der Waals surface area (Å²) in [4.78, 5) is 13.5. The van der Waals surface area contributed by atoms with Gasteiger partial charge in [-0.3, -0.25) is 4.79 Å². The van der Waals surface area contributed by atoms with Crippen LogP contribution in [-0.4, -0.2) is 10.1 Å². The number of pyridine rings is 1. The normalized spacial score (nSPS) is 12.9. The number of aromatic nitrogens is 1. The summed E-state index contributed by atoms with van der Waals surface area (Å²) in [6, 6.07) is 1.72. The van der Waals surface area contributed by atoms with Crippen molar-refractivity contribution in [3.05, 3.63) is 33.7 Å². The summed E-state index contributed by atoms with van der Waals surface area (Å²) in [7, 11) is 0. The molecular weight excluding hydrogens is 154 g/mol. The maximum atomic E-state index is 10.9. The second kappa shape index (κ2) is 3.54. The van der Waals surface area contributed by atoms with Crippen LogP contribution in [-0.2, 0) is 0 Å². The predicted octanol–water partition coefficient (Wildman–Crippen LogP) is 1.13. The average Bonchev–Trinajstić information content (AvgIpc) is 2.08. The van der Waals surface area contributed by atoms with Gasteiger partial charge in [-0.2, -0.15) is 0 Å². The third kappa shape index (κ3) is 1.74. The van der Waals surface area contributed by atoms with E-state index in [9.17, 15) is 9.90 Å². The summed E-state index contributed by atoms with van der Waals surface area (Å²) in [5.41, 5.74) is 1.32. The van der Waals surface area contributed by atoms with Crippen LogP contribution in [0.4, 0.5) is 0 Å². The van der Waals surface area contributed by atoms with Gasteiger partial charge in [0.2, 0.25) is 0 Å². The van der Waals surface area contributed by atoms with Gasteiger partial charge in [0.15, 0.2) is 0 Å². The summed E-state index contributed by atoms with van der Waals surface area (Å²) >= 11 is 0. The molecule has 1 aromatic rings. The van der Waals surface area contributed by atoms with Gasteiger partial charge in [0.05, 0.1) is 6.10 Å². The van der Waals surface area contributed by atoms with Crippen LogP contribution in [0.5, 0.6) is 0 Å². The Kier molecular flexibility index (Phi) is 2.65. The van der Waals surface area contributed by atoms with E-state index in [1.54, 1.807) is 19.2 Å². The largest absolute Gasteiger partial charge is 0.388 e. The topological polar surface area (TPSA) is 53.1 Å². The Morgan fingerprint density at radius 3 is 2.83 bits per heavy atom. The molecule has 66 valence electrons. The number of hydrogen-bond donors (Lipinski definition) is 2. The first-order valence-electron chi connectivity index (χ1n) is 4.02. The minimum atomic E-state index is -0.472. The second-order valence-electron chi connectivity index (χ2n) is 2.87. The predicted molar refractivity (Wildman–Crippen MR) is 47.1 cm³/mol. The van der Waals surface area contributed by atoms with Crippen molar-refractivity contribution in [3.63, 3.8) is 0 Å². The van der Waals surface area contributed by atoms with Crippen LogP contribution in [0.25, 0.3) is 0 Å². The molecule has 0 fully saturated rings. The number of rotatable bonds is 2. The van der Waals surface area contributed by atoms with E-state index in [0.29, 0.717) is 12.0 Å². The summed E-state index contributed by atoms with van der Waals surface area (Å²) in [5, 5.41) is 9.42. The van der Waals surface area contributed by atoms with Crippen molar-refractivity contribution in [3.8, 4) is 0 Å². The molecule has 0 aromatic carbocycles. The molecule has 3 nitrogen and oxygen atoms in total. The molecule has 2 N–H and O–H groups in total. The Bertz CT molecular complexity index is 317. The van der Waals surface area contributed by atoms with Crippen molar-refractivity contribution < 1.29 is 5.11 Å². The van der Waals surface area contributed by atoms with Gasteiger partial charge in [0, 0.05) is 11.8 Å². The van der Waals surface area contributed by atoms with Crippen LogP contribution < -0.4 is 5.56 Å². The van der Waals surface area contributed by atoms with Crippen molar-refractivity contribution in [1.29, 1.82) is 0 Å². The van der Waals surface area contributed by atoms with E-state index >= 15 is 0 Å². The first-order valence-corrected chi connectivity index (χ1v) is 4.02. The summed E-state index contributed by atoms with van der Waals surface area (Å²) in [5.74, 6) is 0. The standard InChI is InChI=1S/C9H13NO2/c1-3-8(11)7-4-6(2)9(12)10-5-7/h4-5,8,11H,3H2,1-2H3,(H,10,12). The molecule has 1 aromatic heterocycles. The lowest BCUT2D eigenvalue weighted by atomic mass is 10.1. The molecule has 0 saturated heterocycles. The molecule has 1 rings (SSSR count). The molecule has 1 heterocycles. The minimum absolute atomic E-state index is 0.0953. The SMILES string of the molecule is CCC(O)c1c[nH]c(=O)c(C)c1. The van der Waals surface area contributed by atoms with Crippen LogP contribution >= 0.6 is 0 Å². The smallest absolute Gasteiger partial charge is 0.250 e. The number of hydrogen-bond acceptors (Lipinski definition) is 2. The van der Waals surface area contributed by atoms with E-state index < -0.39 is 6.10 Å². The van der Waals surface area contributed by atoms with E-state index in [0.717, 1.165) is 5.56 Å². The lowest BCUT2D eigenvalue weighted by Gasteiger charge is -2.07. The maximum absolute atomic E-state index is 10.9. The van der Waals surface area contributed by atoms with Gasteiger partial charge in [0.1, 0.15) is 0 Å². The van der Waals surface area contributed by atoms with Gasteiger partial charge in [-0.05, 0) is 25.0 Å². The lowest BCUT2D eigenvalue weighted by Crippen LogP contribution is -2.10. The molecule has 0 aliphatic heterocycles. The molecule has 1 unspecified atom stereocenters. The van der Waals surface area contributed by atoms with Crippen molar-refractivity contribution in [2.24, 2.45) is 0 Å². The number of nitrogens with one attached hydrogen (secondary N) is 1. The molecule has 0 bridgehead atoms. The van der Waals surface area contributed by atoms with Crippen molar-refractivity contribution in [2.45, 2.75) is 26.4 Å². The maximum Gasteiger partial charge on any atom is 0.250 e. The molecule has 0 radical (unpaired) electrons. The van der Waals surface area contributed by atoms with E-state index in [1.807, 2.05) is 6.92 Å². The van der Waals surface area contributed by atoms with Gasteiger partial charge in [-0.15, -0.1) is 0 Å². The van der Waals surface area contributed by atoms with Gasteiger partial charge < -0.3 is 10.1 Å². The summed E-state index contributed by atoms with van der Waals surface area (Å²) in [6.45, 7) is 3.62. The highest BCUT2D eigenvalue weighted by molar-refractivity contribution is 5.18. The third-order valence-electron chi connectivity index (χ3n) is 1.88. The number of H-pyrrole nitrogens is 1. The summed E-state index contributed by atoms with van der Waals surface area (Å²) < 4.78 is 0. The Hall–Kier alpha value is -1.09. The van der Waals surface area contributed by atoms with Gasteiger partial charge in [0.25, 0.3) is 5.56 Å². The van der Waals surface area contributed by atoms with Crippen LogP contribution in [0.2, 0.25) is 0 Å². The van der Waals surface area contributed by atoms with E-state index in [2.05, 4.69) is 4.98 Å². The molecule has 0 aliphatic carbocycles. The molecule has 0 saturated carbocycles. The minimum Gasteiger partial charge on any atom is -0.388 e. The number of aryl methyl sites for hydroxylation is 1. The first-order chi connectivity index (χ1) is 5.65. The van der Waals surface area contributed by atoms with E-state index in [4.69, 9.17) is 0 Å². The molecule has 0 spiro atoms. The van der Waals surface area contributed by atoms with Crippen LogP contribution in [0.15, 0.2) is 17.1 Å². The van der Waals surface area contributed by atoms with Crippen LogP contribution in [0.1, 0.15) is 30.6 Å². The molecular formula is C9H13NO2. The fourth-order valence-electron chi connectivity index (χ4n) is 1.05. The fourth-order valence-corrected chi connectivity index (χ4v) is 1.05. The zero-order valence-electron chi connectivity index (χ0n) is 7.29. The Morgan fingerprint density at radius 1 is 1.67 bits per heavy atom. The number of aliphatic hydroxyl groups is 1. The second-order valence-corrected chi connectivity index (χ2v) is 2.87. The van der Waals surface area contributed by atoms with Crippen LogP contribution in [0, 0.1) is 6.92 Å². The monoisotopic (exact) mass is 167 g/mol.